The number of nitrogens with zero attached hydrogens (tertiary/aromatic N) is 1. The van der Waals surface area contributed by atoms with Crippen LogP contribution in [0.15, 0.2) is 22.5 Å². The van der Waals surface area contributed by atoms with Crippen LogP contribution in [0.25, 0.3) is 0 Å². The maximum Gasteiger partial charge on any atom is 0.191 e. The largest absolute Gasteiger partial charge is 0.354 e. The molecule has 0 bridgehead atoms. The zero-order valence-electron chi connectivity index (χ0n) is 8.99. The first kappa shape index (κ1) is 10.5. The summed E-state index contributed by atoms with van der Waals surface area (Å²) in [4.78, 5) is 5.55. The summed E-state index contributed by atoms with van der Waals surface area (Å²) in [5, 5.41) is 8.83. The molecule has 0 aromatic carbocycles. The third-order valence-corrected chi connectivity index (χ3v) is 3.56. The smallest absolute Gasteiger partial charge is 0.191 e. The Labute approximate surface area is 94.6 Å². The van der Waals surface area contributed by atoms with E-state index < -0.39 is 0 Å². The van der Waals surface area contributed by atoms with Gasteiger partial charge in [0.05, 0.1) is 6.54 Å². The Kier molecular flexibility index (Phi) is 3.61. The molecule has 0 aliphatic heterocycles. The summed E-state index contributed by atoms with van der Waals surface area (Å²) in [6, 6.07) is 4.84. The summed E-state index contributed by atoms with van der Waals surface area (Å²) < 4.78 is 0. The number of thiophene rings is 1. The van der Waals surface area contributed by atoms with Gasteiger partial charge >= 0.3 is 0 Å². The number of hydrogen-bond donors (Lipinski definition) is 2. The van der Waals surface area contributed by atoms with Crippen molar-refractivity contribution < 1.29 is 0 Å². The molecule has 0 saturated heterocycles. The highest BCUT2D eigenvalue weighted by molar-refractivity contribution is 7.09. The second-order valence-corrected chi connectivity index (χ2v) is 4.81. The standard InChI is InChI=1S/C11H17N3S/c1-12-11(14-9-4-2-5-9)13-8-10-6-3-7-15-10/h3,6-7,9H,2,4-5,8H2,1H3,(H2,12,13,14). The lowest BCUT2D eigenvalue weighted by Crippen LogP contribution is -2.45. The topological polar surface area (TPSA) is 36.4 Å². The van der Waals surface area contributed by atoms with E-state index in [4.69, 9.17) is 0 Å². The summed E-state index contributed by atoms with van der Waals surface area (Å²) in [7, 11) is 1.82. The Morgan fingerprint density at radius 3 is 3.00 bits per heavy atom. The number of guanidine groups is 1. The van der Waals surface area contributed by atoms with Crippen LogP contribution in [0.3, 0.4) is 0 Å². The van der Waals surface area contributed by atoms with Gasteiger partial charge in [-0.2, -0.15) is 0 Å². The van der Waals surface area contributed by atoms with E-state index in [0.29, 0.717) is 6.04 Å². The Morgan fingerprint density at radius 1 is 1.60 bits per heavy atom. The van der Waals surface area contributed by atoms with E-state index in [1.165, 1.54) is 24.1 Å². The monoisotopic (exact) mass is 223 g/mol. The van der Waals surface area contributed by atoms with Gasteiger partial charge < -0.3 is 10.6 Å². The number of aliphatic imine (C=N–C) groups is 1. The molecule has 1 aromatic rings. The lowest BCUT2D eigenvalue weighted by molar-refractivity contribution is 0.380. The van der Waals surface area contributed by atoms with Crippen LogP contribution in [-0.4, -0.2) is 19.0 Å². The molecular weight excluding hydrogens is 206 g/mol. The van der Waals surface area contributed by atoms with E-state index in [2.05, 4.69) is 33.1 Å². The van der Waals surface area contributed by atoms with E-state index in [1.807, 2.05) is 7.05 Å². The highest BCUT2D eigenvalue weighted by Gasteiger charge is 2.17. The highest BCUT2D eigenvalue weighted by Crippen LogP contribution is 2.17. The van der Waals surface area contributed by atoms with E-state index in [0.717, 1.165) is 12.5 Å². The van der Waals surface area contributed by atoms with Crippen LogP contribution in [0, 0.1) is 0 Å². The third kappa shape index (κ3) is 2.96. The van der Waals surface area contributed by atoms with Gasteiger partial charge in [-0.05, 0) is 30.7 Å². The van der Waals surface area contributed by atoms with Crippen LogP contribution in [-0.2, 0) is 6.54 Å². The van der Waals surface area contributed by atoms with Gasteiger partial charge in [0.15, 0.2) is 5.96 Å². The second-order valence-electron chi connectivity index (χ2n) is 3.78. The molecule has 1 heterocycles. The molecule has 1 aliphatic carbocycles. The number of nitrogens with one attached hydrogen (secondary N) is 2. The van der Waals surface area contributed by atoms with Gasteiger partial charge in [0.25, 0.3) is 0 Å². The minimum absolute atomic E-state index is 0.638. The average molecular weight is 223 g/mol. The molecule has 3 nitrogen and oxygen atoms in total. The zero-order valence-corrected chi connectivity index (χ0v) is 9.81. The van der Waals surface area contributed by atoms with Crippen molar-refractivity contribution in [3.63, 3.8) is 0 Å². The van der Waals surface area contributed by atoms with Gasteiger partial charge in [0.2, 0.25) is 0 Å². The molecule has 0 spiro atoms. The third-order valence-electron chi connectivity index (χ3n) is 2.68. The number of hydrogen-bond acceptors (Lipinski definition) is 2. The summed E-state index contributed by atoms with van der Waals surface area (Å²) in [5.74, 6) is 0.924. The fourth-order valence-electron chi connectivity index (χ4n) is 1.52. The van der Waals surface area contributed by atoms with Crippen molar-refractivity contribution in [1.29, 1.82) is 0 Å². The number of rotatable bonds is 3. The average Bonchev–Trinajstić information content (AvgIpc) is 2.68. The first-order valence-electron chi connectivity index (χ1n) is 5.38. The van der Waals surface area contributed by atoms with Crippen LogP contribution < -0.4 is 10.6 Å². The minimum Gasteiger partial charge on any atom is -0.354 e. The van der Waals surface area contributed by atoms with Crippen LogP contribution in [0.4, 0.5) is 0 Å². The van der Waals surface area contributed by atoms with Gasteiger partial charge in [-0.15, -0.1) is 11.3 Å². The molecule has 0 atom stereocenters. The molecular formula is C11H17N3S. The molecule has 4 heteroatoms. The molecule has 1 fully saturated rings. The molecule has 0 amide bonds. The molecule has 0 radical (unpaired) electrons. The van der Waals surface area contributed by atoms with Crippen LogP contribution in [0.5, 0.6) is 0 Å². The lowest BCUT2D eigenvalue weighted by Gasteiger charge is -2.28. The van der Waals surface area contributed by atoms with Gasteiger partial charge in [0.1, 0.15) is 0 Å². The van der Waals surface area contributed by atoms with Crippen molar-refractivity contribution in [2.24, 2.45) is 4.99 Å². The normalized spacial score (nSPS) is 17.3. The highest BCUT2D eigenvalue weighted by atomic mass is 32.1. The van der Waals surface area contributed by atoms with Gasteiger partial charge in [-0.3, -0.25) is 4.99 Å². The van der Waals surface area contributed by atoms with Crippen molar-refractivity contribution in [2.45, 2.75) is 31.8 Å². The summed E-state index contributed by atoms with van der Waals surface area (Å²) in [6.07, 6.45) is 3.90. The van der Waals surface area contributed by atoms with E-state index in [-0.39, 0.29) is 0 Å². The first-order chi connectivity index (χ1) is 7.38. The SMILES string of the molecule is CN=C(NCc1cccs1)NC1CCC1. The molecule has 2 rings (SSSR count). The fourth-order valence-corrected chi connectivity index (χ4v) is 2.17. The summed E-state index contributed by atoms with van der Waals surface area (Å²) in [5.41, 5.74) is 0. The van der Waals surface area contributed by atoms with Crippen LogP contribution in [0.1, 0.15) is 24.1 Å². The van der Waals surface area contributed by atoms with Crippen molar-refractivity contribution in [3.05, 3.63) is 22.4 Å². The van der Waals surface area contributed by atoms with Crippen LogP contribution >= 0.6 is 11.3 Å². The maximum atomic E-state index is 4.21. The fraction of sp³-hybridized carbons (Fsp3) is 0.545. The molecule has 1 aromatic heterocycles. The molecule has 1 aliphatic rings. The molecule has 82 valence electrons. The van der Waals surface area contributed by atoms with Crippen molar-refractivity contribution in [1.82, 2.24) is 10.6 Å². The Bertz CT molecular complexity index is 315. The zero-order chi connectivity index (χ0) is 10.5. The Morgan fingerprint density at radius 2 is 2.47 bits per heavy atom. The first-order valence-corrected chi connectivity index (χ1v) is 6.26. The van der Waals surface area contributed by atoms with E-state index in [1.54, 1.807) is 11.3 Å². The van der Waals surface area contributed by atoms with Crippen LogP contribution in [0.2, 0.25) is 0 Å². The van der Waals surface area contributed by atoms with Gasteiger partial charge in [-0.1, -0.05) is 6.07 Å². The van der Waals surface area contributed by atoms with E-state index in [9.17, 15) is 0 Å². The second kappa shape index (κ2) is 5.16. The predicted molar refractivity (Wildman–Crippen MR) is 65.3 cm³/mol. The predicted octanol–water partition coefficient (Wildman–Crippen LogP) is 1.97. The van der Waals surface area contributed by atoms with Gasteiger partial charge in [0, 0.05) is 18.0 Å². The Balaban J connectivity index is 1.75. The van der Waals surface area contributed by atoms with Crippen molar-refractivity contribution >= 4 is 17.3 Å². The Hall–Kier alpha value is -1.03. The molecule has 1 saturated carbocycles. The molecule has 15 heavy (non-hydrogen) atoms. The van der Waals surface area contributed by atoms with Crippen molar-refractivity contribution in [3.8, 4) is 0 Å². The van der Waals surface area contributed by atoms with Gasteiger partial charge in [-0.25, -0.2) is 0 Å². The molecule has 2 N–H and O–H groups in total. The van der Waals surface area contributed by atoms with E-state index >= 15 is 0 Å². The minimum atomic E-state index is 0.638. The summed E-state index contributed by atoms with van der Waals surface area (Å²) >= 11 is 1.77. The molecule has 0 unspecified atom stereocenters. The summed E-state index contributed by atoms with van der Waals surface area (Å²) in [6.45, 7) is 0.865. The maximum absolute atomic E-state index is 4.21. The van der Waals surface area contributed by atoms with Crippen molar-refractivity contribution in [2.75, 3.05) is 7.05 Å². The lowest BCUT2D eigenvalue weighted by atomic mass is 9.93. The quantitative estimate of drug-likeness (QED) is 0.607.